The number of carbonyl (C=O) groups is 1. The Morgan fingerprint density at radius 3 is 2.32 bits per heavy atom. The van der Waals surface area contributed by atoms with E-state index < -0.39 is 46.6 Å². The molecule has 38 heavy (non-hydrogen) atoms. The summed E-state index contributed by atoms with van der Waals surface area (Å²) in [5, 5.41) is 16.8. The number of anilines is 1. The molecule has 0 aliphatic heterocycles. The lowest BCUT2D eigenvalue weighted by atomic mass is 9.95. The Hall–Kier alpha value is -3.18. The van der Waals surface area contributed by atoms with Crippen LogP contribution in [0, 0.1) is 11.3 Å². The summed E-state index contributed by atoms with van der Waals surface area (Å²) in [5.41, 5.74) is -1.53. The van der Waals surface area contributed by atoms with E-state index >= 15 is 0 Å². The molecule has 1 aromatic heterocycles. The fraction of sp³-hybridized carbons (Fsp3) is 0.0833. The first-order chi connectivity index (χ1) is 18.0. The number of hydrogen-bond acceptors (Lipinski definition) is 7. The molecule has 0 saturated carbocycles. The van der Waals surface area contributed by atoms with Gasteiger partial charge in [0.25, 0.3) is 10.0 Å². The molecule has 14 heteroatoms. The van der Waals surface area contributed by atoms with Crippen molar-refractivity contribution in [1.82, 2.24) is 10.0 Å². The highest BCUT2D eigenvalue weighted by Gasteiger charge is 2.37. The molecule has 0 bridgehead atoms. The summed E-state index contributed by atoms with van der Waals surface area (Å²) in [6.07, 6.45) is 5.36. The first-order valence-electron chi connectivity index (χ1n) is 10.7. The third kappa shape index (κ3) is 5.78. The van der Waals surface area contributed by atoms with Crippen LogP contribution in [0.5, 0.6) is 0 Å². The first kappa shape index (κ1) is 27.8. The van der Waals surface area contributed by atoms with Gasteiger partial charge in [0.2, 0.25) is 9.84 Å². The van der Waals surface area contributed by atoms with Crippen molar-refractivity contribution in [1.29, 1.82) is 5.26 Å². The minimum atomic E-state index is -4.46. The van der Waals surface area contributed by atoms with Crippen LogP contribution in [0.4, 0.5) is 10.5 Å². The maximum atomic E-state index is 13.3. The summed E-state index contributed by atoms with van der Waals surface area (Å²) in [4.78, 5) is 11.9. The van der Waals surface area contributed by atoms with Crippen LogP contribution in [-0.4, -0.2) is 34.4 Å². The van der Waals surface area contributed by atoms with E-state index in [2.05, 4.69) is 15.4 Å². The molecule has 1 aliphatic rings. The van der Waals surface area contributed by atoms with Crippen LogP contribution in [-0.2, 0) is 19.9 Å². The molecule has 3 aromatic rings. The lowest BCUT2D eigenvalue weighted by Gasteiger charge is -2.25. The summed E-state index contributed by atoms with van der Waals surface area (Å²) >= 11 is 12.7. The Morgan fingerprint density at radius 1 is 0.974 bits per heavy atom. The highest BCUT2D eigenvalue weighted by atomic mass is 35.5. The zero-order chi connectivity index (χ0) is 27.6. The van der Waals surface area contributed by atoms with Gasteiger partial charge in [0, 0.05) is 0 Å². The normalized spacial score (nSPS) is 19.0. The van der Waals surface area contributed by atoms with E-state index in [4.69, 9.17) is 23.2 Å². The summed E-state index contributed by atoms with van der Waals surface area (Å²) in [6, 6.07) is 14.0. The van der Waals surface area contributed by atoms with Gasteiger partial charge in [-0.3, -0.25) is 0 Å². The van der Waals surface area contributed by atoms with Gasteiger partial charge in [0.05, 0.1) is 32.7 Å². The van der Waals surface area contributed by atoms with Gasteiger partial charge in [-0.25, -0.2) is 21.6 Å². The molecule has 0 spiro atoms. The molecule has 0 saturated heterocycles. The molecule has 0 atom stereocenters. The number of nitriles is 1. The molecular weight excluding hydrogens is 591 g/mol. The Bertz CT molecular complexity index is 1680. The van der Waals surface area contributed by atoms with Crippen molar-refractivity contribution >= 4 is 66.1 Å². The highest BCUT2D eigenvalue weighted by molar-refractivity contribution is 7.95. The van der Waals surface area contributed by atoms with Crippen LogP contribution >= 0.6 is 34.5 Å². The van der Waals surface area contributed by atoms with E-state index in [1.807, 2.05) is 6.07 Å². The Labute approximate surface area is 233 Å². The van der Waals surface area contributed by atoms with E-state index in [1.165, 1.54) is 60.0 Å². The zero-order valence-electron chi connectivity index (χ0n) is 19.1. The number of thiophene rings is 1. The van der Waals surface area contributed by atoms with Crippen LogP contribution in [0.15, 0.2) is 98.3 Å². The summed E-state index contributed by atoms with van der Waals surface area (Å²) in [6.45, 7) is 0. The third-order valence-corrected chi connectivity index (χ3v) is 11.2. The van der Waals surface area contributed by atoms with Gasteiger partial charge in [-0.1, -0.05) is 59.6 Å². The molecule has 2 aromatic carbocycles. The second-order valence-corrected chi connectivity index (χ2v) is 13.4. The van der Waals surface area contributed by atoms with Gasteiger partial charge in [0.15, 0.2) is 9.75 Å². The molecule has 1 heterocycles. The van der Waals surface area contributed by atoms with E-state index in [0.29, 0.717) is 11.3 Å². The molecule has 2 amide bonds. The minimum absolute atomic E-state index is 0.0615. The number of rotatable bonds is 7. The third-order valence-electron chi connectivity index (χ3n) is 5.30. The smallest absolute Gasteiger partial charge is 0.319 e. The second kappa shape index (κ2) is 10.9. The van der Waals surface area contributed by atoms with Crippen molar-refractivity contribution in [2.45, 2.75) is 25.6 Å². The van der Waals surface area contributed by atoms with Crippen LogP contribution < -0.4 is 15.4 Å². The van der Waals surface area contributed by atoms with Crippen molar-refractivity contribution in [2.75, 3.05) is 5.32 Å². The van der Waals surface area contributed by atoms with Gasteiger partial charge >= 0.3 is 6.03 Å². The lowest BCUT2D eigenvalue weighted by Crippen LogP contribution is -2.47. The number of halogens is 2. The molecule has 9 nitrogen and oxygen atoms in total. The van der Waals surface area contributed by atoms with Crippen molar-refractivity contribution in [3.05, 3.63) is 94.3 Å². The average molecular weight is 610 g/mol. The Morgan fingerprint density at radius 2 is 1.66 bits per heavy atom. The molecule has 4 rings (SSSR count). The number of sulfone groups is 1. The molecule has 0 unspecified atom stereocenters. The highest BCUT2D eigenvalue weighted by Crippen LogP contribution is 2.33. The summed E-state index contributed by atoms with van der Waals surface area (Å²) < 4.78 is 54.5. The number of amides is 2. The van der Waals surface area contributed by atoms with Gasteiger partial charge in [-0.15, -0.1) is 11.3 Å². The number of benzene rings is 2. The van der Waals surface area contributed by atoms with Crippen LogP contribution in [0.25, 0.3) is 0 Å². The quantitative estimate of drug-likeness (QED) is 0.330. The average Bonchev–Trinajstić information content (AvgIpc) is 3.41. The molecular formula is C24H18Cl2N4O5S3. The number of urea groups is 1. The molecule has 0 radical (unpaired) electrons. The van der Waals surface area contributed by atoms with Crippen molar-refractivity contribution in [2.24, 2.45) is 0 Å². The number of carbonyl (C=O) groups excluding carboxylic acids is 1. The Balaban J connectivity index is 1.50. The zero-order valence-corrected chi connectivity index (χ0v) is 23.1. The lowest BCUT2D eigenvalue weighted by molar-refractivity contribution is 0.251. The number of nitrogens with zero attached hydrogens (tertiary/aromatic N) is 1. The predicted octanol–water partition coefficient (Wildman–Crippen LogP) is 4.74. The summed E-state index contributed by atoms with van der Waals surface area (Å²) in [5.74, 6) is 0. The van der Waals surface area contributed by atoms with Gasteiger partial charge in [-0.05, 0) is 47.9 Å². The van der Waals surface area contributed by atoms with E-state index in [0.717, 1.165) is 0 Å². The maximum absolute atomic E-state index is 13.3. The standard InChI is InChI=1S/C24H18Cl2N4O5S3/c25-18-7-4-8-19(21(18)26)29-23(31)28-16-9-12-24(15-27,13-10-16)30-38(34,35)22-20(11-14-36-22)37(32,33)17-5-2-1-3-6-17/h1-14,16,30H,(H2,28,29,31). The van der Waals surface area contributed by atoms with E-state index in [9.17, 15) is 26.9 Å². The van der Waals surface area contributed by atoms with Gasteiger partial charge < -0.3 is 10.6 Å². The number of hydrogen-bond donors (Lipinski definition) is 3. The summed E-state index contributed by atoms with van der Waals surface area (Å²) in [7, 11) is -8.59. The van der Waals surface area contributed by atoms with Crippen molar-refractivity contribution in [3.63, 3.8) is 0 Å². The predicted molar refractivity (Wildman–Crippen MR) is 146 cm³/mol. The van der Waals surface area contributed by atoms with E-state index in [1.54, 1.807) is 24.3 Å². The van der Waals surface area contributed by atoms with E-state index in [-0.39, 0.29) is 20.6 Å². The molecule has 3 N–H and O–H groups in total. The molecule has 196 valence electrons. The van der Waals surface area contributed by atoms with Gasteiger partial charge in [0.1, 0.15) is 4.90 Å². The van der Waals surface area contributed by atoms with Crippen LogP contribution in [0.3, 0.4) is 0 Å². The first-order valence-corrected chi connectivity index (χ1v) is 15.3. The minimum Gasteiger partial charge on any atom is -0.328 e. The van der Waals surface area contributed by atoms with Crippen LogP contribution in [0.1, 0.15) is 0 Å². The SMILES string of the molecule is N#CC1(NS(=O)(=O)c2sccc2S(=O)(=O)c2ccccc2)C=CC(NC(=O)Nc2cccc(Cl)c2Cl)C=C1. The number of nitrogens with one attached hydrogen (secondary N) is 3. The van der Waals surface area contributed by atoms with Gasteiger partial charge in [-0.2, -0.15) is 9.98 Å². The largest absolute Gasteiger partial charge is 0.328 e. The maximum Gasteiger partial charge on any atom is 0.319 e. The molecule has 0 fully saturated rings. The Kier molecular flexibility index (Phi) is 7.98. The van der Waals surface area contributed by atoms with Crippen LogP contribution in [0.2, 0.25) is 10.0 Å². The topological polar surface area (TPSA) is 145 Å². The fourth-order valence-electron chi connectivity index (χ4n) is 3.48. The second-order valence-electron chi connectivity index (χ2n) is 7.92. The van der Waals surface area contributed by atoms with Crippen molar-refractivity contribution < 1.29 is 21.6 Å². The number of sulfonamides is 1. The monoisotopic (exact) mass is 608 g/mol. The van der Waals surface area contributed by atoms with Crippen molar-refractivity contribution in [3.8, 4) is 6.07 Å². The molecule has 1 aliphatic carbocycles. The fourth-order valence-corrected chi connectivity index (χ4v) is 8.64.